The molecule has 0 aliphatic heterocycles. The molecule has 2 rings (SSSR count). The highest BCUT2D eigenvalue weighted by Gasteiger charge is 2.16. The summed E-state index contributed by atoms with van der Waals surface area (Å²) in [6, 6.07) is 6.93. The molecule has 0 radical (unpaired) electrons. The van der Waals surface area contributed by atoms with Gasteiger partial charge in [-0.15, -0.1) is 0 Å². The SMILES string of the molecule is NCC(=O)c1c(F)[nH]c2ccccc12. The van der Waals surface area contributed by atoms with E-state index < -0.39 is 5.95 Å². The van der Waals surface area contributed by atoms with Gasteiger partial charge in [-0.05, 0) is 6.07 Å². The topological polar surface area (TPSA) is 58.9 Å². The van der Waals surface area contributed by atoms with Crippen LogP contribution in [0.15, 0.2) is 24.3 Å². The maximum Gasteiger partial charge on any atom is 0.203 e. The Morgan fingerprint density at radius 2 is 2.14 bits per heavy atom. The molecule has 2 aromatic rings. The van der Waals surface area contributed by atoms with Gasteiger partial charge in [0.05, 0.1) is 12.1 Å². The predicted molar refractivity (Wildman–Crippen MR) is 51.6 cm³/mol. The first-order valence-electron chi connectivity index (χ1n) is 4.23. The Bertz CT molecular complexity index is 490. The van der Waals surface area contributed by atoms with Crippen LogP contribution < -0.4 is 5.73 Å². The normalized spacial score (nSPS) is 10.7. The molecule has 0 unspecified atom stereocenters. The van der Waals surface area contributed by atoms with E-state index in [2.05, 4.69) is 4.98 Å². The van der Waals surface area contributed by atoms with Crippen LogP contribution in [0, 0.1) is 5.95 Å². The smallest absolute Gasteiger partial charge is 0.203 e. The molecule has 0 spiro atoms. The molecule has 3 nitrogen and oxygen atoms in total. The van der Waals surface area contributed by atoms with Crippen LogP contribution in [0.4, 0.5) is 4.39 Å². The minimum absolute atomic E-state index is 0.0584. The number of Topliss-reactive ketones (excluding diaryl/α,β-unsaturated/α-hetero) is 1. The number of hydrogen-bond donors (Lipinski definition) is 2. The Labute approximate surface area is 79.7 Å². The lowest BCUT2D eigenvalue weighted by molar-refractivity contribution is 0.0999. The Morgan fingerprint density at radius 1 is 1.43 bits per heavy atom. The van der Waals surface area contributed by atoms with Gasteiger partial charge in [0.25, 0.3) is 0 Å². The molecule has 4 heteroatoms. The number of aromatic nitrogens is 1. The number of para-hydroxylation sites is 1. The summed E-state index contributed by atoms with van der Waals surface area (Å²) in [5.41, 5.74) is 5.86. The Morgan fingerprint density at radius 3 is 2.86 bits per heavy atom. The third kappa shape index (κ3) is 1.20. The number of fused-ring (bicyclic) bond motifs is 1. The molecule has 0 saturated heterocycles. The molecule has 1 aromatic carbocycles. The van der Waals surface area contributed by atoms with Crippen LogP contribution in [-0.4, -0.2) is 17.3 Å². The van der Waals surface area contributed by atoms with E-state index in [0.717, 1.165) is 0 Å². The van der Waals surface area contributed by atoms with Crippen LogP contribution >= 0.6 is 0 Å². The van der Waals surface area contributed by atoms with E-state index in [9.17, 15) is 9.18 Å². The standard InChI is InChI=1S/C10H9FN2O/c11-10-9(8(14)5-12)6-3-1-2-4-7(6)13-10/h1-4,13H,5,12H2. The highest BCUT2D eigenvalue weighted by Crippen LogP contribution is 2.21. The van der Waals surface area contributed by atoms with Crippen molar-refractivity contribution in [3.8, 4) is 0 Å². The quantitative estimate of drug-likeness (QED) is 0.707. The van der Waals surface area contributed by atoms with E-state index in [-0.39, 0.29) is 17.9 Å². The molecule has 1 aromatic heterocycles. The fraction of sp³-hybridized carbons (Fsp3) is 0.100. The average Bonchev–Trinajstić information content (AvgIpc) is 2.53. The molecule has 0 atom stereocenters. The summed E-state index contributed by atoms with van der Waals surface area (Å²) in [4.78, 5) is 13.8. The first kappa shape index (κ1) is 8.90. The van der Waals surface area contributed by atoms with E-state index in [0.29, 0.717) is 10.9 Å². The molecule has 14 heavy (non-hydrogen) atoms. The van der Waals surface area contributed by atoms with Gasteiger partial charge in [0.1, 0.15) is 0 Å². The minimum atomic E-state index is -0.610. The van der Waals surface area contributed by atoms with Gasteiger partial charge in [0.15, 0.2) is 5.78 Å². The molecule has 0 amide bonds. The molecule has 0 saturated carbocycles. The number of carbonyl (C=O) groups excluding carboxylic acids is 1. The molecule has 0 aliphatic carbocycles. The second kappa shape index (κ2) is 3.23. The van der Waals surface area contributed by atoms with E-state index in [1.165, 1.54) is 0 Å². The third-order valence-electron chi connectivity index (χ3n) is 2.12. The summed E-state index contributed by atoms with van der Waals surface area (Å²) >= 11 is 0. The van der Waals surface area contributed by atoms with Gasteiger partial charge in [-0.25, -0.2) is 0 Å². The molecular formula is C10H9FN2O. The van der Waals surface area contributed by atoms with Crippen molar-refractivity contribution >= 4 is 16.7 Å². The maximum absolute atomic E-state index is 13.3. The monoisotopic (exact) mass is 192 g/mol. The molecule has 3 N–H and O–H groups in total. The van der Waals surface area contributed by atoms with Gasteiger partial charge in [-0.2, -0.15) is 4.39 Å². The summed E-state index contributed by atoms with van der Waals surface area (Å²) < 4.78 is 13.3. The lowest BCUT2D eigenvalue weighted by atomic mass is 10.1. The van der Waals surface area contributed by atoms with Crippen molar-refractivity contribution in [2.24, 2.45) is 5.73 Å². The Hall–Kier alpha value is -1.68. The van der Waals surface area contributed by atoms with Crippen LogP contribution in [-0.2, 0) is 0 Å². The fourth-order valence-corrected chi connectivity index (χ4v) is 1.48. The lowest BCUT2D eigenvalue weighted by Gasteiger charge is -1.94. The van der Waals surface area contributed by atoms with Crippen molar-refractivity contribution in [1.82, 2.24) is 4.98 Å². The van der Waals surface area contributed by atoms with Gasteiger partial charge >= 0.3 is 0 Å². The maximum atomic E-state index is 13.3. The number of carbonyl (C=O) groups is 1. The van der Waals surface area contributed by atoms with Crippen LogP contribution in [0.2, 0.25) is 0 Å². The molecule has 1 heterocycles. The number of rotatable bonds is 2. The first-order valence-corrected chi connectivity index (χ1v) is 4.23. The molecule has 0 fully saturated rings. The van der Waals surface area contributed by atoms with Crippen LogP contribution in [0.25, 0.3) is 10.9 Å². The van der Waals surface area contributed by atoms with Crippen LogP contribution in [0.5, 0.6) is 0 Å². The van der Waals surface area contributed by atoms with Gasteiger partial charge in [-0.3, -0.25) is 4.79 Å². The first-order chi connectivity index (χ1) is 6.74. The highest BCUT2D eigenvalue weighted by atomic mass is 19.1. The molecule has 0 aliphatic rings. The zero-order valence-electron chi connectivity index (χ0n) is 7.38. The van der Waals surface area contributed by atoms with Crippen molar-refractivity contribution in [3.05, 3.63) is 35.8 Å². The van der Waals surface area contributed by atoms with E-state index in [1.807, 2.05) is 0 Å². The van der Waals surface area contributed by atoms with E-state index in [4.69, 9.17) is 5.73 Å². The van der Waals surface area contributed by atoms with E-state index in [1.54, 1.807) is 24.3 Å². The third-order valence-corrected chi connectivity index (χ3v) is 2.12. The minimum Gasteiger partial charge on any atom is -0.331 e. The van der Waals surface area contributed by atoms with Gasteiger partial charge in [0, 0.05) is 10.9 Å². The van der Waals surface area contributed by atoms with Crippen molar-refractivity contribution in [1.29, 1.82) is 0 Å². The van der Waals surface area contributed by atoms with Crippen LogP contribution in [0.3, 0.4) is 0 Å². The van der Waals surface area contributed by atoms with Crippen molar-refractivity contribution in [2.45, 2.75) is 0 Å². The summed E-state index contributed by atoms with van der Waals surface area (Å²) in [5.74, 6) is -0.999. The number of nitrogens with two attached hydrogens (primary N) is 1. The number of nitrogens with one attached hydrogen (secondary N) is 1. The lowest BCUT2D eigenvalue weighted by Crippen LogP contribution is -2.14. The number of H-pyrrole nitrogens is 1. The summed E-state index contributed by atoms with van der Waals surface area (Å²) in [7, 11) is 0. The predicted octanol–water partition coefficient (Wildman–Crippen LogP) is 1.45. The number of ketones is 1. The van der Waals surface area contributed by atoms with Crippen molar-refractivity contribution in [3.63, 3.8) is 0 Å². The van der Waals surface area contributed by atoms with Gasteiger partial charge in [-0.1, -0.05) is 18.2 Å². The highest BCUT2D eigenvalue weighted by molar-refractivity contribution is 6.08. The van der Waals surface area contributed by atoms with E-state index >= 15 is 0 Å². The van der Waals surface area contributed by atoms with Gasteiger partial charge < -0.3 is 10.7 Å². The largest absolute Gasteiger partial charge is 0.331 e. The summed E-state index contributed by atoms with van der Waals surface area (Å²) in [6.45, 7) is -0.182. The second-order valence-electron chi connectivity index (χ2n) is 2.99. The molecule has 72 valence electrons. The van der Waals surface area contributed by atoms with Crippen molar-refractivity contribution in [2.75, 3.05) is 6.54 Å². The summed E-state index contributed by atoms with van der Waals surface area (Å²) in [6.07, 6.45) is 0. The molecular weight excluding hydrogens is 183 g/mol. The average molecular weight is 192 g/mol. The van der Waals surface area contributed by atoms with Crippen LogP contribution in [0.1, 0.15) is 10.4 Å². The fourth-order valence-electron chi connectivity index (χ4n) is 1.48. The number of benzene rings is 1. The van der Waals surface area contributed by atoms with Gasteiger partial charge in [0.2, 0.25) is 5.95 Å². The number of hydrogen-bond acceptors (Lipinski definition) is 2. The zero-order valence-corrected chi connectivity index (χ0v) is 7.38. The second-order valence-corrected chi connectivity index (χ2v) is 2.99. The summed E-state index contributed by atoms with van der Waals surface area (Å²) in [5, 5.41) is 0.584. The number of halogens is 1. The molecule has 0 bridgehead atoms. The Kier molecular flexibility index (Phi) is 2.05. The van der Waals surface area contributed by atoms with Crippen molar-refractivity contribution < 1.29 is 9.18 Å². The zero-order chi connectivity index (χ0) is 10.1. The Balaban J connectivity index is 2.74. The number of aromatic amines is 1.